The van der Waals surface area contributed by atoms with Crippen molar-refractivity contribution < 1.29 is 18.1 Å². The molecule has 0 aliphatic carbocycles. The molecule has 1 amide bonds. The van der Waals surface area contributed by atoms with Gasteiger partial charge in [-0.3, -0.25) is 4.79 Å². The number of carbonyl (C=O) groups is 1. The normalized spacial score (nSPS) is 13.9. The summed E-state index contributed by atoms with van der Waals surface area (Å²) in [4.78, 5) is 19.8. The van der Waals surface area contributed by atoms with Crippen LogP contribution >= 0.6 is 0 Å². The zero-order valence-electron chi connectivity index (χ0n) is 16.3. The molecule has 0 atom stereocenters. The molecular formula is C22H19FN4O3. The van der Waals surface area contributed by atoms with Crippen molar-refractivity contribution in [2.45, 2.75) is 19.8 Å². The van der Waals surface area contributed by atoms with Crippen molar-refractivity contribution in [2.24, 2.45) is 0 Å². The SMILES string of the molecule is Cc1noc2nc(-c3ccco3)cc(C(=O)Nc3c(F)cccc3N3CCCC3)c12. The molecule has 1 aromatic carbocycles. The molecule has 8 heteroatoms. The molecule has 4 aromatic rings. The van der Waals surface area contributed by atoms with Crippen molar-refractivity contribution in [1.29, 1.82) is 0 Å². The van der Waals surface area contributed by atoms with Crippen molar-refractivity contribution in [1.82, 2.24) is 10.1 Å². The van der Waals surface area contributed by atoms with Crippen LogP contribution in [-0.4, -0.2) is 29.1 Å². The number of halogens is 1. The number of benzene rings is 1. The summed E-state index contributed by atoms with van der Waals surface area (Å²) in [5.41, 5.74) is 2.33. The maximum atomic E-state index is 14.7. The maximum absolute atomic E-state index is 14.7. The Morgan fingerprint density at radius 2 is 2.03 bits per heavy atom. The highest BCUT2D eigenvalue weighted by Gasteiger charge is 2.24. The monoisotopic (exact) mass is 406 g/mol. The number of pyridine rings is 1. The van der Waals surface area contributed by atoms with Crippen LogP contribution in [0.5, 0.6) is 0 Å². The summed E-state index contributed by atoms with van der Waals surface area (Å²) >= 11 is 0. The van der Waals surface area contributed by atoms with Crippen LogP contribution in [-0.2, 0) is 0 Å². The number of hydrogen-bond donors (Lipinski definition) is 1. The number of anilines is 2. The zero-order chi connectivity index (χ0) is 20.7. The van der Waals surface area contributed by atoms with E-state index in [1.165, 1.54) is 12.3 Å². The van der Waals surface area contributed by atoms with Gasteiger partial charge >= 0.3 is 0 Å². The van der Waals surface area contributed by atoms with Crippen molar-refractivity contribution >= 4 is 28.4 Å². The predicted molar refractivity (Wildman–Crippen MR) is 110 cm³/mol. The fourth-order valence-electron chi connectivity index (χ4n) is 3.86. The Bertz CT molecular complexity index is 1230. The largest absolute Gasteiger partial charge is 0.463 e. The lowest BCUT2D eigenvalue weighted by molar-refractivity contribution is 0.102. The topological polar surface area (TPSA) is 84.4 Å². The van der Waals surface area contributed by atoms with Gasteiger partial charge in [0.15, 0.2) is 5.76 Å². The van der Waals surface area contributed by atoms with Gasteiger partial charge < -0.3 is 19.2 Å². The van der Waals surface area contributed by atoms with Crippen LogP contribution in [0.4, 0.5) is 15.8 Å². The third kappa shape index (κ3) is 3.10. The Hall–Kier alpha value is -3.68. The number of furan rings is 1. The molecule has 0 saturated carbocycles. The van der Waals surface area contributed by atoms with E-state index in [0.717, 1.165) is 25.9 Å². The number of nitrogens with one attached hydrogen (secondary N) is 1. The third-order valence-corrected chi connectivity index (χ3v) is 5.31. The van der Waals surface area contributed by atoms with Crippen molar-refractivity contribution in [3.05, 3.63) is 59.7 Å². The van der Waals surface area contributed by atoms with E-state index in [2.05, 4.69) is 20.4 Å². The van der Waals surface area contributed by atoms with E-state index in [1.54, 1.807) is 31.2 Å². The van der Waals surface area contributed by atoms with E-state index in [1.807, 2.05) is 6.07 Å². The Morgan fingerprint density at radius 1 is 1.20 bits per heavy atom. The van der Waals surface area contributed by atoms with Crippen LogP contribution in [0, 0.1) is 12.7 Å². The molecule has 1 aliphatic heterocycles. The number of aryl methyl sites for hydroxylation is 1. The lowest BCUT2D eigenvalue weighted by atomic mass is 10.1. The maximum Gasteiger partial charge on any atom is 0.259 e. The number of amides is 1. The number of para-hydroxylation sites is 1. The molecule has 0 bridgehead atoms. The smallest absolute Gasteiger partial charge is 0.259 e. The highest BCUT2D eigenvalue weighted by molar-refractivity contribution is 6.13. The minimum atomic E-state index is -0.480. The first-order valence-electron chi connectivity index (χ1n) is 9.77. The number of fused-ring (bicyclic) bond motifs is 1. The van der Waals surface area contributed by atoms with Gasteiger partial charge in [0.2, 0.25) is 0 Å². The highest BCUT2D eigenvalue weighted by Crippen LogP contribution is 2.33. The summed E-state index contributed by atoms with van der Waals surface area (Å²) in [7, 11) is 0. The van der Waals surface area contributed by atoms with Crippen molar-refractivity contribution in [3.63, 3.8) is 0 Å². The summed E-state index contributed by atoms with van der Waals surface area (Å²) in [5.74, 6) is -0.456. The van der Waals surface area contributed by atoms with Crippen LogP contribution in [0.15, 0.2) is 51.6 Å². The Labute approximate surface area is 171 Å². The standard InChI is InChI=1S/C22H19FN4O3/c1-13-19-14(12-16(18-8-5-11-29-18)24-22(19)30-26-13)21(28)25-20-15(23)6-4-7-17(20)27-9-2-3-10-27/h4-8,11-12H,2-3,9-10H2,1H3,(H,25,28). The molecule has 1 aliphatic rings. The highest BCUT2D eigenvalue weighted by atomic mass is 19.1. The third-order valence-electron chi connectivity index (χ3n) is 5.31. The van der Waals surface area contributed by atoms with E-state index in [9.17, 15) is 9.18 Å². The fourth-order valence-corrected chi connectivity index (χ4v) is 3.86. The zero-order valence-corrected chi connectivity index (χ0v) is 16.3. The molecule has 0 radical (unpaired) electrons. The van der Waals surface area contributed by atoms with Gasteiger partial charge in [0.1, 0.15) is 17.2 Å². The molecule has 152 valence electrons. The molecular weight excluding hydrogens is 387 g/mol. The van der Waals surface area contributed by atoms with Gasteiger partial charge in [-0.2, -0.15) is 0 Å². The van der Waals surface area contributed by atoms with Crippen LogP contribution in [0.2, 0.25) is 0 Å². The second-order valence-corrected chi connectivity index (χ2v) is 7.26. The molecule has 7 nitrogen and oxygen atoms in total. The molecule has 0 spiro atoms. The van der Waals surface area contributed by atoms with Crippen LogP contribution in [0.25, 0.3) is 22.6 Å². The van der Waals surface area contributed by atoms with Gasteiger partial charge in [-0.1, -0.05) is 11.2 Å². The van der Waals surface area contributed by atoms with Gasteiger partial charge in [-0.05, 0) is 50.1 Å². The average Bonchev–Trinajstić information content (AvgIpc) is 3.51. The molecule has 4 heterocycles. The van der Waals surface area contributed by atoms with E-state index in [-0.39, 0.29) is 11.4 Å². The molecule has 1 saturated heterocycles. The summed E-state index contributed by atoms with van der Waals surface area (Å²) in [6.45, 7) is 3.40. The van der Waals surface area contributed by atoms with Crippen molar-refractivity contribution in [2.75, 3.05) is 23.3 Å². The van der Waals surface area contributed by atoms with E-state index in [0.29, 0.717) is 33.8 Å². The Balaban J connectivity index is 1.58. The van der Waals surface area contributed by atoms with Crippen molar-refractivity contribution in [3.8, 4) is 11.5 Å². The second-order valence-electron chi connectivity index (χ2n) is 7.26. The van der Waals surface area contributed by atoms with Gasteiger partial charge in [-0.25, -0.2) is 9.37 Å². The number of carbonyl (C=O) groups excluding carboxylic acids is 1. The van der Waals surface area contributed by atoms with Crippen LogP contribution in [0.1, 0.15) is 28.9 Å². The van der Waals surface area contributed by atoms with Gasteiger partial charge in [0.05, 0.1) is 28.6 Å². The second kappa shape index (κ2) is 7.29. The molecule has 1 fully saturated rings. The Morgan fingerprint density at radius 3 is 2.80 bits per heavy atom. The first-order valence-corrected chi connectivity index (χ1v) is 9.77. The first kappa shape index (κ1) is 18.4. The summed E-state index contributed by atoms with van der Waals surface area (Å²) in [6.07, 6.45) is 3.61. The summed E-state index contributed by atoms with van der Waals surface area (Å²) in [5, 5.41) is 7.19. The van der Waals surface area contributed by atoms with Gasteiger partial charge in [0, 0.05) is 13.1 Å². The van der Waals surface area contributed by atoms with E-state index >= 15 is 0 Å². The lowest BCUT2D eigenvalue weighted by Crippen LogP contribution is -2.22. The average molecular weight is 406 g/mol. The molecule has 0 unspecified atom stereocenters. The number of nitrogens with zero attached hydrogens (tertiary/aromatic N) is 3. The number of aromatic nitrogens is 2. The predicted octanol–water partition coefficient (Wildman–Crippen LogP) is 4.78. The Kier molecular flexibility index (Phi) is 4.46. The molecule has 5 rings (SSSR count). The van der Waals surface area contributed by atoms with Crippen LogP contribution in [0.3, 0.4) is 0 Å². The van der Waals surface area contributed by atoms with Gasteiger partial charge in [0.25, 0.3) is 11.6 Å². The fraction of sp³-hybridized carbons (Fsp3) is 0.227. The van der Waals surface area contributed by atoms with E-state index in [4.69, 9.17) is 8.94 Å². The number of rotatable bonds is 4. The van der Waals surface area contributed by atoms with Crippen LogP contribution < -0.4 is 10.2 Å². The minimum absolute atomic E-state index is 0.169. The minimum Gasteiger partial charge on any atom is -0.463 e. The first-order chi connectivity index (χ1) is 14.6. The quantitative estimate of drug-likeness (QED) is 0.525. The summed E-state index contributed by atoms with van der Waals surface area (Å²) < 4.78 is 25.4. The lowest BCUT2D eigenvalue weighted by Gasteiger charge is -2.22. The molecule has 1 N–H and O–H groups in total. The summed E-state index contributed by atoms with van der Waals surface area (Å²) in [6, 6.07) is 9.90. The molecule has 30 heavy (non-hydrogen) atoms. The number of hydrogen-bond acceptors (Lipinski definition) is 6. The molecule has 3 aromatic heterocycles. The van der Waals surface area contributed by atoms with E-state index < -0.39 is 11.7 Å². The van der Waals surface area contributed by atoms with Gasteiger partial charge in [-0.15, -0.1) is 0 Å².